The van der Waals surface area contributed by atoms with E-state index in [1.54, 1.807) is 12.0 Å². The second-order valence-electron chi connectivity index (χ2n) is 6.36. The van der Waals surface area contributed by atoms with Gasteiger partial charge in [0.05, 0.1) is 18.7 Å². The predicted molar refractivity (Wildman–Crippen MR) is 103 cm³/mol. The highest BCUT2D eigenvalue weighted by molar-refractivity contribution is 6.00. The molecule has 0 unspecified atom stereocenters. The van der Waals surface area contributed by atoms with Gasteiger partial charge >= 0.3 is 0 Å². The van der Waals surface area contributed by atoms with E-state index in [9.17, 15) is 10.1 Å². The summed E-state index contributed by atoms with van der Waals surface area (Å²) in [5.74, 6) is 0.901. The molecule has 0 atom stereocenters. The van der Waals surface area contributed by atoms with Crippen molar-refractivity contribution < 1.29 is 28.5 Å². The van der Waals surface area contributed by atoms with Gasteiger partial charge in [-0.2, -0.15) is 5.26 Å². The number of carbonyl (C=O) groups is 1. The van der Waals surface area contributed by atoms with Crippen molar-refractivity contribution in [2.75, 3.05) is 34.9 Å². The lowest BCUT2D eigenvalue weighted by Gasteiger charge is -2.21. The van der Waals surface area contributed by atoms with Crippen molar-refractivity contribution in [3.8, 4) is 23.3 Å². The Kier molecular flexibility index (Phi) is 6.54. The van der Waals surface area contributed by atoms with E-state index in [2.05, 4.69) is 0 Å². The fraction of sp³-hybridized carbons (Fsp3) is 0.333. The third-order valence-electron chi connectivity index (χ3n) is 4.50. The van der Waals surface area contributed by atoms with E-state index < -0.39 is 0 Å². The van der Waals surface area contributed by atoms with Crippen LogP contribution in [0.3, 0.4) is 0 Å². The SMILES string of the molecule is COCOc1cc(C#N)cc(OCOC)c1C(=O)N1Cc2ccc(OC)cc2C1. The Labute approximate surface area is 169 Å². The largest absolute Gasteiger partial charge is 0.497 e. The minimum Gasteiger partial charge on any atom is -0.497 e. The van der Waals surface area contributed by atoms with Gasteiger partial charge in [-0.15, -0.1) is 0 Å². The monoisotopic (exact) mass is 398 g/mol. The summed E-state index contributed by atoms with van der Waals surface area (Å²) in [7, 11) is 4.56. The Morgan fingerprint density at radius 3 is 2.17 bits per heavy atom. The number of benzene rings is 2. The summed E-state index contributed by atoms with van der Waals surface area (Å²) in [5, 5.41) is 9.32. The van der Waals surface area contributed by atoms with Gasteiger partial charge in [0, 0.05) is 27.3 Å². The van der Waals surface area contributed by atoms with Crippen LogP contribution in [-0.2, 0) is 22.6 Å². The maximum absolute atomic E-state index is 13.4. The van der Waals surface area contributed by atoms with E-state index in [0.717, 1.165) is 16.9 Å². The smallest absolute Gasteiger partial charge is 0.262 e. The quantitative estimate of drug-likeness (QED) is 0.632. The molecule has 0 radical (unpaired) electrons. The standard InChI is InChI=1S/C21H22N2O6/c1-25-12-28-18-6-14(9-22)7-19(29-13-26-2)20(18)21(24)23-10-15-4-5-17(27-3)8-16(15)11-23/h4-8H,10-13H2,1-3H3. The van der Waals surface area contributed by atoms with Crippen molar-refractivity contribution in [2.24, 2.45) is 0 Å². The molecule has 8 nitrogen and oxygen atoms in total. The molecule has 1 amide bonds. The molecule has 2 aromatic carbocycles. The second-order valence-corrected chi connectivity index (χ2v) is 6.36. The first-order valence-corrected chi connectivity index (χ1v) is 8.88. The van der Waals surface area contributed by atoms with Crippen LogP contribution in [-0.4, -0.2) is 45.7 Å². The molecule has 0 N–H and O–H groups in total. The van der Waals surface area contributed by atoms with Gasteiger partial charge in [0.1, 0.15) is 22.8 Å². The number of methoxy groups -OCH3 is 3. The number of hydrogen-bond acceptors (Lipinski definition) is 7. The Bertz CT molecular complexity index is 908. The molecule has 1 aliphatic heterocycles. The second kappa shape index (κ2) is 9.28. The molecule has 2 aromatic rings. The summed E-state index contributed by atoms with van der Waals surface area (Å²) >= 11 is 0. The summed E-state index contributed by atoms with van der Waals surface area (Å²) in [5.41, 5.74) is 2.59. The highest BCUT2D eigenvalue weighted by Gasteiger charge is 2.30. The van der Waals surface area contributed by atoms with Crippen LogP contribution in [0.2, 0.25) is 0 Å². The first-order chi connectivity index (χ1) is 14.1. The number of nitriles is 1. The van der Waals surface area contributed by atoms with Gasteiger partial charge in [0.15, 0.2) is 13.6 Å². The van der Waals surface area contributed by atoms with Crippen molar-refractivity contribution in [1.29, 1.82) is 5.26 Å². The minimum absolute atomic E-state index is 0.0731. The predicted octanol–water partition coefficient (Wildman–Crippen LogP) is 2.69. The average Bonchev–Trinajstić information content (AvgIpc) is 3.18. The van der Waals surface area contributed by atoms with Gasteiger partial charge in [-0.25, -0.2) is 0 Å². The summed E-state index contributed by atoms with van der Waals surface area (Å²) in [6, 6.07) is 10.8. The fourth-order valence-electron chi connectivity index (χ4n) is 3.14. The molecular weight excluding hydrogens is 376 g/mol. The molecule has 0 aliphatic carbocycles. The van der Waals surface area contributed by atoms with Crippen LogP contribution in [0.1, 0.15) is 27.0 Å². The van der Waals surface area contributed by atoms with Crippen LogP contribution in [0.15, 0.2) is 30.3 Å². The molecule has 29 heavy (non-hydrogen) atoms. The van der Waals surface area contributed by atoms with Gasteiger partial charge < -0.3 is 28.6 Å². The summed E-state index contributed by atoms with van der Waals surface area (Å²) in [4.78, 5) is 15.1. The molecule has 0 aromatic heterocycles. The van der Waals surface area contributed by atoms with Gasteiger partial charge in [0.25, 0.3) is 5.91 Å². The van der Waals surface area contributed by atoms with E-state index in [-0.39, 0.29) is 36.6 Å². The third kappa shape index (κ3) is 4.42. The van der Waals surface area contributed by atoms with Crippen LogP contribution in [0.4, 0.5) is 0 Å². The van der Waals surface area contributed by atoms with E-state index in [1.165, 1.54) is 26.4 Å². The molecule has 0 bridgehead atoms. The molecule has 1 aliphatic rings. The zero-order valence-corrected chi connectivity index (χ0v) is 16.6. The number of carbonyl (C=O) groups excluding carboxylic acids is 1. The van der Waals surface area contributed by atoms with Crippen LogP contribution >= 0.6 is 0 Å². The highest BCUT2D eigenvalue weighted by atomic mass is 16.7. The summed E-state index contributed by atoms with van der Waals surface area (Å²) in [6.07, 6.45) is 0. The first-order valence-electron chi connectivity index (χ1n) is 8.88. The average molecular weight is 398 g/mol. The summed E-state index contributed by atoms with van der Waals surface area (Å²) in [6.45, 7) is 0.733. The number of nitrogens with zero attached hydrogens (tertiary/aromatic N) is 2. The number of ether oxygens (including phenoxy) is 5. The first kappa shape index (κ1) is 20.5. The lowest BCUT2D eigenvalue weighted by atomic mass is 10.1. The van der Waals surface area contributed by atoms with Crippen molar-refractivity contribution in [1.82, 2.24) is 4.90 Å². The van der Waals surface area contributed by atoms with Crippen molar-refractivity contribution in [2.45, 2.75) is 13.1 Å². The highest BCUT2D eigenvalue weighted by Crippen LogP contribution is 2.35. The maximum atomic E-state index is 13.4. The fourth-order valence-corrected chi connectivity index (χ4v) is 3.14. The zero-order valence-electron chi connectivity index (χ0n) is 16.6. The van der Waals surface area contributed by atoms with Crippen LogP contribution in [0.25, 0.3) is 0 Å². The van der Waals surface area contributed by atoms with Gasteiger partial charge in [-0.3, -0.25) is 4.79 Å². The molecular formula is C21H22N2O6. The molecule has 1 heterocycles. The Morgan fingerprint density at radius 1 is 1.00 bits per heavy atom. The molecule has 8 heteroatoms. The molecule has 0 fully saturated rings. The number of rotatable bonds is 8. The van der Waals surface area contributed by atoms with Crippen molar-refractivity contribution in [3.05, 3.63) is 52.6 Å². The van der Waals surface area contributed by atoms with Gasteiger partial charge in [0.2, 0.25) is 0 Å². The third-order valence-corrected chi connectivity index (χ3v) is 4.50. The van der Waals surface area contributed by atoms with Crippen LogP contribution in [0, 0.1) is 11.3 Å². The van der Waals surface area contributed by atoms with Crippen molar-refractivity contribution >= 4 is 5.91 Å². The topological polar surface area (TPSA) is 90.2 Å². The molecule has 0 spiro atoms. The van der Waals surface area contributed by atoms with E-state index in [4.69, 9.17) is 23.7 Å². The minimum atomic E-state index is -0.276. The van der Waals surface area contributed by atoms with E-state index >= 15 is 0 Å². The van der Waals surface area contributed by atoms with Crippen molar-refractivity contribution in [3.63, 3.8) is 0 Å². The lowest BCUT2D eigenvalue weighted by Crippen LogP contribution is -2.27. The Morgan fingerprint density at radius 2 is 1.62 bits per heavy atom. The Balaban J connectivity index is 1.97. The van der Waals surface area contributed by atoms with Gasteiger partial charge in [-0.1, -0.05) is 6.07 Å². The zero-order chi connectivity index (χ0) is 20.8. The Hall–Kier alpha value is -3.28. The molecule has 152 valence electrons. The van der Waals surface area contributed by atoms with E-state index in [0.29, 0.717) is 18.7 Å². The maximum Gasteiger partial charge on any atom is 0.262 e. The molecule has 0 saturated heterocycles. The van der Waals surface area contributed by atoms with E-state index in [1.807, 2.05) is 24.3 Å². The number of fused-ring (bicyclic) bond motifs is 1. The van der Waals surface area contributed by atoms with Gasteiger partial charge in [-0.05, 0) is 35.4 Å². The van der Waals surface area contributed by atoms with Crippen LogP contribution in [0.5, 0.6) is 17.2 Å². The number of hydrogen-bond donors (Lipinski definition) is 0. The van der Waals surface area contributed by atoms with Crippen LogP contribution < -0.4 is 14.2 Å². The molecule has 3 rings (SSSR count). The number of amides is 1. The lowest BCUT2D eigenvalue weighted by molar-refractivity contribution is 0.0426. The summed E-state index contributed by atoms with van der Waals surface area (Å²) < 4.78 is 26.4. The molecule has 0 saturated carbocycles. The normalized spacial score (nSPS) is 12.3.